The van der Waals surface area contributed by atoms with E-state index in [1.165, 1.54) is 4.90 Å². The predicted molar refractivity (Wildman–Crippen MR) is 78.6 cm³/mol. The molecular formula is C14H26N4O2. The van der Waals surface area contributed by atoms with E-state index in [9.17, 15) is 4.79 Å². The number of nitrogens with one attached hydrogen (secondary N) is 1. The number of carbonyl (C=O) groups is 1. The molecule has 1 aromatic rings. The zero-order valence-electron chi connectivity index (χ0n) is 13.1. The van der Waals surface area contributed by atoms with Crippen LogP contribution >= 0.6 is 0 Å². The molecular weight excluding hydrogens is 256 g/mol. The van der Waals surface area contributed by atoms with Gasteiger partial charge in [-0.25, -0.2) is 4.79 Å². The van der Waals surface area contributed by atoms with Gasteiger partial charge in [-0.15, -0.1) is 0 Å². The number of aliphatic hydroxyl groups excluding tert-OH is 1. The van der Waals surface area contributed by atoms with Gasteiger partial charge in [-0.05, 0) is 32.8 Å². The van der Waals surface area contributed by atoms with Crippen LogP contribution in [0.5, 0.6) is 0 Å². The van der Waals surface area contributed by atoms with E-state index in [0.717, 1.165) is 17.9 Å². The van der Waals surface area contributed by atoms with Gasteiger partial charge in [0.25, 0.3) is 0 Å². The minimum absolute atomic E-state index is 0.0365. The van der Waals surface area contributed by atoms with Crippen LogP contribution in [-0.2, 0) is 6.54 Å². The largest absolute Gasteiger partial charge is 0.394 e. The molecule has 2 atom stereocenters. The van der Waals surface area contributed by atoms with Crippen LogP contribution in [-0.4, -0.2) is 52.1 Å². The first-order valence-electron chi connectivity index (χ1n) is 6.97. The van der Waals surface area contributed by atoms with Crippen molar-refractivity contribution in [1.29, 1.82) is 0 Å². The normalized spacial score (nSPS) is 13.9. The summed E-state index contributed by atoms with van der Waals surface area (Å²) < 4.78 is 1.96. The molecule has 0 saturated carbocycles. The highest BCUT2D eigenvalue weighted by atomic mass is 16.3. The van der Waals surface area contributed by atoms with Crippen LogP contribution in [0.1, 0.15) is 25.2 Å². The zero-order chi connectivity index (χ0) is 15.3. The van der Waals surface area contributed by atoms with E-state index in [0.29, 0.717) is 6.54 Å². The van der Waals surface area contributed by atoms with Crippen molar-refractivity contribution in [2.24, 2.45) is 5.92 Å². The summed E-state index contributed by atoms with van der Waals surface area (Å²) in [5.41, 5.74) is 2.14. The summed E-state index contributed by atoms with van der Waals surface area (Å²) in [7, 11) is 1.68. The molecule has 1 rings (SSSR count). The average Bonchev–Trinajstić information content (AvgIpc) is 2.72. The second kappa shape index (κ2) is 7.28. The van der Waals surface area contributed by atoms with Gasteiger partial charge in [0.15, 0.2) is 0 Å². The summed E-state index contributed by atoms with van der Waals surface area (Å²) in [6, 6.07) is 1.70. The Morgan fingerprint density at radius 1 is 1.50 bits per heavy atom. The van der Waals surface area contributed by atoms with Gasteiger partial charge in [-0.2, -0.15) is 5.10 Å². The van der Waals surface area contributed by atoms with Gasteiger partial charge >= 0.3 is 6.03 Å². The lowest BCUT2D eigenvalue weighted by Gasteiger charge is -2.24. The minimum atomic E-state index is -0.179. The van der Waals surface area contributed by atoms with Crippen molar-refractivity contribution in [2.45, 2.75) is 40.3 Å². The molecule has 2 N–H and O–H groups in total. The van der Waals surface area contributed by atoms with E-state index in [-0.39, 0.29) is 24.6 Å². The number of aromatic nitrogens is 2. The van der Waals surface area contributed by atoms with Gasteiger partial charge in [0.05, 0.1) is 18.3 Å². The number of rotatable bonds is 6. The maximum absolute atomic E-state index is 11.9. The number of urea groups is 1. The van der Waals surface area contributed by atoms with Gasteiger partial charge in [0.2, 0.25) is 0 Å². The topological polar surface area (TPSA) is 70.4 Å². The first-order valence-corrected chi connectivity index (χ1v) is 6.97. The number of amides is 2. The van der Waals surface area contributed by atoms with E-state index in [1.807, 2.05) is 24.6 Å². The van der Waals surface area contributed by atoms with Gasteiger partial charge < -0.3 is 15.3 Å². The molecule has 1 aromatic heterocycles. The van der Waals surface area contributed by atoms with E-state index >= 15 is 0 Å². The van der Waals surface area contributed by atoms with E-state index in [1.54, 1.807) is 14.0 Å². The van der Waals surface area contributed by atoms with Gasteiger partial charge in [0, 0.05) is 25.8 Å². The summed E-state index contributed by atoms with van der Waals surface area (Å²) in [5.74, 6) is 0.287. The number of aryl methyl sites for hydroxylation is 2. The summed E-state index contributed by atoms with van der Waals surface area (Å²) in [5, 5.41) is 16.3. The molecule has 6 nitrogen and oxygen atoms in total. The molecule has 0 fully saturated rings. The van der Waals surface area contributed by atoms with Gasteiger partial charge in [-0.1, -0.05) is 6.92 Å². The molecule has 0 aliphatic rings. The quantitative estimate of drug-likeness (QED) is 0.822. The van der Waals surface area contributed by atoms with Crippen molar-refractivity contribution >= 4 is 6.03 Å². The fourth-order valence-corrected chi connectivity index (χ4v) is 1.93. The second-order valence-corrected chi connectivity index (χ2v) is 5.54. The fourth-order valence-electron chi connectivity index (χ4n) is 1.93. The monoisotopic (exact) mass is 282 g/mol. The summed E-state index contributed by atoms with van der Waals surface area (Å²) in [6.07, 6.45) is 0. The molecule has 0 spiro atoms. The van der Waals surface area contributed by atoms with E-state index in [4.69, 9.17) is 5.11 Å². The Labute approximate surface area is 120 Å². The maximum Gasteiger partial charge on any atom is 0.317 e. The van der Waals surface area contributed by atoms with Crippen molar-refractivity contribution in [3.05, 3.63) is 17.5 Å². The smallest absolute Gasteiger partial charge is 0.317 e. The first-order chi connectivity index (χ1) is 9.35. The Kier molecular flexibility index (Phi) is 6.01. The third kappa shape index (κ3) is 4.52. The molecule has 0 aromatic carbocycles. The Balaban J connectivity index is 2.42. The number of aliphatic hydroxyl groups is 1. The van der Waals surface area contributed by atoms with E-state index < -0.39 is 0 Å². The minimum Gasteiger partial charge on any atom is -0.394 e. The van der Waals surface area contributed by atoms with Crippen molar-refractivity contribution in [3.63, 3.8) is 0 Å². The SMILES string of the molecule is Cc1cc(C)n(CC(C)CNC(=O)N(C)C(C)CO)n1. The van der Waals surface area contributed by atoms with Crippen LogP contribution in [0.15, 0.2) is 6.07 Å². The third-order valence-electron chi connectivity index (χ3n) is 3.44. The van der Waals surface area contributed by atoms with Gasteiger partial charge in [-0.3, -0.25) is 4.68 Å². The van der Waals surface area contributed by atoms with Gasteiger partial charge in [0.1, 0.15) is 0 Å². The molecule has 0 saturated heterocycles. The van der Waals surface area contributed by atoms with Crippen LogP contribution in [0.4, 0.5) is 4.79 Å². The predicted octanol–water partition coefficient (Wildman–Crippen LogP) is 1.16. The molecule has 0 radical (unpaired) electrons. The highest BCUT2D eigenvalue weighted by Crippen LogP contribution is 2.06. The molecule has 2 amide bonds. The molecule has 0 bridgehead atoms. The summed E-state index contributed by atoms with van der Waals surface area (Å²) in [4.78, 5) is 13.4. The van der Waals surface area contributed by atoms with E-state index in [2.05, 4.69) is 17.3 Å². The molecule has 1 heterocycles. The summed E-state index contributed by atoms with van der Waals surface area (Å²) in [6.45, 7) is 9.21. The highest BCUT2D eigenvalue weighted by Gasteiger charge is 2.15. The fraction of sp³-hybridized carbons (Fsp3) is 0.714. The maximum atomic E-state index is 11.9. The third-order valence-corrected chi connectivity index (χ3v) is 3.44. The van der Waals surface area contributed by atoms with Crippen LogP contribution in [0.2, 0.25) is 0 Å². The lowest BCUT2D eigenvalue weighted by molar-refractivity contribution is 0.156. The molecule has 20 heavy (non-hydrogen) atoms. The molecule has 0 aliphatic carbocycles. The Hall–Kier alpha value is -1.56. The summed E-state index contributed by atoms with van der Waals surface area (Å²) >= 11 is 0. The standard InChI is InChI=1S/C14H26N4O2/c1-10(8-18-12(3)6-11(2)16-18)7-15-14(20)17(5)13(4)9-19/h6,10,13,19H,7-9H2,1-5H3,(H,15,20). The molecule has 2 unspecified atom stereocenters. The Morgan fingerprint density at radius 3 is 2.65 bits per heavy atom. The molecule has 6 heteroatoms. The second-order valence-electron chi connectivity index (χ2n) is 5.54. The molecule has 0 aliphatic heterocycles. The van der Waals surface area contributed by atoms with Crippen LogP contribution in [0.3, 0.4) is 0 Å². The highest BCUT2D eigenvalue weighted by molar-refractivity contribution is 5.74. The zero-order valence-corrected chi connectivity index (χ0v) is 13.1. The van der Waals surface area contributed by atoms with Crippen molar-refractivity contribution in [2.75, 3.05) is 20.2 Å². The Morgan fingerprint density at radius 2 is 2.15 bits per heavy atom. The molecule has 114 valence electrons. The lowest BCUT2D eigenvalue weighted by Crippen LogP contribution is -2.45. The lowest BCUT2D eigenvalue weighted by atomic mass is 10.2. The van der Waals surface area contributed by atoms with Crippen LogP contribution < -0.4 is 5.32 Å². The number of nitrogens with zero attached hydrogens (tertiary/aromatic N) is 3. The van der Waals surface area contributed by atoms with Crippen molar-refractivity contribution in [1.82, 2.24) is 20.0 Å². The number of likely N-dealkylation sites (N-methyl/N-ethyl adjacent to an activating group) is 1. The first kappa shape index (κ1) is 16.5. The van der Waals surface area contributed by atoms with Crippen LogP contribution in [0, 0.1) is 19.8 Å². The van der Waals surface area contributed by atoms with Crippen molar-refractivity contribution in [3.8, 4) is 0 Å². The number of hydrogen-bond donors (Lipinski definition) is 2. The number of hydrogen-bond acceptors (Lipinski definition) is 3. The van der Waals surface area contributed by atoms with Crippen molar-refractivity contribution < 1.29 is 9.90 Å². The Bertz CT molecular complexity index is 444. The average molecular weight is 282 g/mol. The number of carbonyl (C=O) groups excluding carboxylic acids is 1. The van der Waals surface area contributed by atoms with Crippen LogP contribution in [0.25, 0.3) is 0 Å².